The van der Waals surface area contributed by atoms with Gasteiger partial charge < -0.3 is 9.64 Å². The zero-order valence-corrected chi connectivity index (χ0v) is 18.2. The molecule has 8 nitrogen and oxygen atoms in total. The van der Waals surface area contributed by atoms with Gasteiger partial charge in [0.1, 0.15) is 12.4 Å². The molecular weight excluding hydrogens is 404 g/mol. The summed E-state index contributed by atoms with van der Waals surface area (Å²) in [5.41, 5.74) is 0.982. The van der Waals surface area contributed by atoms with Crippen molar-refractivity contribution in [3.63, 3.8) is 0 Å². The lowest BCUT2D eigenvalue weighted by Crippen LogP contribution is -2.49. The Hall–Kier alpha value is -2.49. The summed E-state index contributed by atoms with van der Waals surface area (Å²) in [5, 5.41) is 0. The third kappa shape index (κ3) is 5.78. The van der Waals surface area contributed by atoms with Crippen LogP contribution >= 0.6 is 0 Å². The molecule has 1 saturated heterocycles. The molecular formula is C21H28N4O4S. The van der Waals surface area contributed by atoms with Crippen LogP contribution in [0.2, 0.25) is 0 Å². The Labute approximate surface area is 178 Å². The molecule has 1 aliphatic heterocycles. The number of ether oxygens (including phenoxy) is 1. The maximum Gasteiger partial charge on any atom is 0.242 e. The SMILES string of the molecule is CN(C)S(=O)(=O)c1ccc(OCCN2CCN(C(=O)Cc3ccncc3)CC2)cc1. The molecule has 1 aromatic carbocycles. The van der Waals surface area contributed by atoms with Gasteiger partial charge >= 0.3 is 0 Å². The Morgan fingerprint density at radius 1 is 1.03 bits per heavy atom. The van der Waals surface area contributed by atoms with Crippen molar-refractivity contribution in [1.82, 2.24) is 19.1 Å². The second kappa shape index (κ2) is 10.0. The first-order valence-corrected chi connectivity index (χ1v) is 11.3. The van der Waals surface area contributed by atoms with Gasteiger partial charge in [-0.25, -0.2) is 12.7 Å². The summed E-state index contributed by atoms with van der Waals surface area (Å²) in [4.78, 5) is 20.8. The van der Waals surface area contributed by atoms with E-state index in [2.05, 4.69) is 9.88 Å². The number of amides is 1. The summed E-state index contributed by atoms with van der Waals surface area (Å²) in [6.45, 7) is 4.30. The number of benzene rings is 1. The summed E-state index contributed by atoms with van der Waals surface area (Å²) in [7, 11) is -0.417. The standard InChI is InChI=1S/C21H28N4O4S/c1-23(2)30(27,28)20-5-3-19(4-6-20)29-16-15-24-11-13-25(14-12-24)21(26)17-18-7-9-22-10-8-18/h3-10H,11-17H2,1-2H3. The third-order valence-electron chi connectivity index (χ3n) is 5.11. The summed E-state index contributed by atoms with van der Waals surface area (Å²) in [6.07, 6.45) is 3.82. The minimum absolute atomic E-state index is 0.143. The van der Waals surface area contributed by atoms with Gasteiger partial charge in [-0.15, -0.1) is 0 Å². The van der Waals surface area contributed by atoms with Crippen LogP contribution in [0.3, 0.4) is 0 Å². The van der Waals surface area contributed by atoms with Gasteiger partial charge in [-0.05, 0) is 42.0 Å². The zero-order valence-electron chi connectivity index (χ0n) is 17.4. The van der Waals surface area contributed by atoms with E-state index in [1.165, 1.54) is 18.4 Å². The van der Waals surface area contributed by atoms with Crippen molar-refractivity contribution in [3.05, 3.63) is 54.4 Å². The Balaban J connectivity index is 1.39. The summed E-state index contributed by atoms with van der Waals surface area (Å²) in [6, 6.07) is 10.2. The van der Waals surface area contributed by atoms with Crippen LogP contribution in [0.5, 0.6) is 5.75 Å². The average molecular weight is 433 g/mol. The number of nitrogens with zero attached hydrogens (tertiary/aromatic N) is 4. The molecule has 0 radical (unpaired) electrons. The van der Waals surface area contributed by atoms with Gasteiger partial charge in [0.2, 0.25) is 15.9 Å². The van der Waals surface area contributed by atoms with Crippen molar-refractivity contribution in [2.24, 2.45) is 0 Å². The molecule has 2 aromatic rings. The summed E-state index contributed by atoms with van der Waals surface area (Å²) < 4.78 is 31.1. The van der Waals surface area contributed by atoms with E-state index in [4.69, 9.17) is 4.74 Å². The van der Waals surface area contributed by atoms with Crippen LogP contribution in [0.25, 0.3) is 0 Å². The van der Waals surface area contributed by atoms with E-state index >= 15 is 0 Å². The van der Waals surface area contributed by atoms with Crippen LogP contribution in [0.15, 0.2) is 53.7 Å². The molecule has 1 fully saturated rings. The smallest absolute Gasteiger partial charge is 0.242 e. The van der Waals surface area contributed by atoms with Crippen LogP contribution in [-0.2, 0) is 21.2 Å². The topological polar surface area (TPSA) is 83.0 Å². The van der Waals surface area contributed by atoms with E-state index in [-0.39, 0.29) is 10.8 Å². The first-order chi connectivity index (χ1) is 14.4. The number of sulfonamides is 1. The first kappa shape index (κ1) is 22.2. The van der Waals surface area contributed by atoms with E-state index < -0.39 is 10.0 Å². The normalized spacial score (nSPS) is 15.4. The van der Waals surface area contributed by atoms with Crippen LogP contribution in [0.4, 0.5) is 0 Å². The molecule has 162 valence electrons. The lowest BCUT2D eigenvalue weighted by atomic mass is 10.1. The van der Waals surface area contributed by atoms with Gasteiger partial charge in [0.05, 0.1) is 11.3 Å². The number of piperazine rings is 1. The summed E-state index contributed by atoms with van der Waals surface area (Å²) >= 11 is 0. The van der Waals surface area contributed by atoms with Crippen LogP contribution in [0.1, 0.15) is 5.56 Å². The van der Waals surface area contributed by atoms with Crippen molar-refractivity contribution in [3.8, 4) is 5.75 Å². The molecule has 9 heteroatoms. The van der Waals surface area contributed by atoms with Crippen molar-refractivity contribution in [2.75, 3.05) is 53.4 Å². The van der Waals surface area contributed by atoms with Gasteiger partial charge in [0.25, 0.3) is 0 Å². The average Bonchev–Trinajstić information content (AvgIpc) is 2.75. The molecule has 30 heavy (non-hydrogen) atoms. The fourth-order valence-electron chi connectivity index (χ4n) is 3.22. The second-order valence-electron chi connectivity index (χ2n) is 7.36. The van der Waals surface area contributed by atoms with Crippen LogP contribution in [-0.4, -0.2) is 86.8 Å². The minimum atomic E-state index is -3.43. The number of carbonyl (C=O) groups excluding carboxylic acids is 1. The molecule has 0 spiro atoms. The van der Waals surface area contributed by atoms with Crippen LogP contribution in [0, 0.1) is 0 Å². The Morgan fingerprint density at radius 3 is 2.27 bits per heavy atom. The molecule has 1 aromatic heterocycles. The highest BCUT2D eigenvalue weighted by molar-refractivity contribution is 7.89. The molecule has 0 N–H and O–H groups in total. The van der Waals surface area contributed by atoms with Gasteiger partial charge in [-0.2, -0.15) is 0 Å². The van der Waals surface area contributed by atoms with E-state index in [9.17, 15) is 13.2 Å². The Kier molecular flexibility index (Phi) is 7.41. The molecule has 2 heterocycles. The predicted molar refractivity (Wildman–Crippen MR) is 114 cm³/mol. The highest BCUT2D eigenvalue weighted by Crippen LogP contribution is 2.18. The third-order valence-corrected chi connectivity index (χ3v) is 6.94. The molecule has 0 atom stereocenters. The van der Waals surface area contributed by atoms with E-state index in [0.717, 1.165) is 25.2 Å². The molecule has 1 amide bonds. The summed E-state index contributed by atoms with van der Waals surface area (Å²) in [5.74, 6) is 0.781. The van der Waals surface area contributed by atoms with Gasteiger partial charge in [-0.1, -0.05) is 0 Å². The monoisotopic (exact) mass is 432 g/mol. The molecule has 1 aliphatic rings. The Morgan fingerprint density at radius 2 is 1.67 bits per heavy atom. The van der Waals surface area contributed by atoms with E-state index in [0.29, 0.717) is 31.9 Å². The predicted octanol–water partition coefficient (Wildman–Crippen LogP) is 1.10. The van der Waals surface area contributed by atoms with E-state index in [1.807, 2.05) is 17.0 Å². The molecule has 0 aliphatic carbocycles. The second-order valence-corrected chi connectivity index (χ2v) is 9.51. The van der Waals surface area contributed by atoms with Gasteiger partial charge in [-0.3, -0.25) is 14.7 Å². The first-order valence-electron chi connectivity index (χ1n) is 9.91. The van der Waals surface area contributed by atoms with Crippen LogP contribution < -0.4 is 4.74 Å². The quantitative estimate of drug-likeness (QED) is 0.621. The molecule has 0 saturated carbocycles. The number of carbonyl (C=O) groups is 1. The number of hydrogen-bond donors (Lipinski definition) is 0. The largest absolute Gasteiger partial charge is 0.492 e. The van der Waals surface area contributed by atoms with Gasteiger partial charge in [0.15, 0.2) is 0 Å². The fourth-order valence-corrected chi connectivity index (χ4v) is 4.12. The van der Waals surface area contributed by atoms with Crippen molar-refractivity contribution < 1.29 is 17.9 Å². The number of aromatic nitrogens is 1. The maximum absolute atomic E-state index is 12.4. The lowest BCUT2D eigenvalue weighted by Gasteiger charge is -2.34. The minimum Gasteiger partial charge on any atom is -0.492 e. The molecule has 3 rings (SSSR count). The number of pyridine rings is 1. The van der Waals surface area contributed by atoms with Crippen molar-refractivity contribution in [2.45, 2.75) is 11.3 Å². The highest BCUT2D eigenvalue weighted by Gasteiger charge is 2.21. The van der Waals surface area contributed by atoms with E-state index in [1.54, 1.807) is 36.7 Å². The zero-order chi connectivity index (χ0) is 21.6. The van der Waals surface area contributed by atoms with Crippen molar-refractivity contribution >= 4 is 15.9 Å². The van der Waals surface area contributed by atoms with Gasteiger partial charge in [0, 0.05) is 59.2 Å². The fraction of sp³-hybridized carbons (Fsp3) is 0.429. The lowest BCUT2D eigenvalue weighted by molar-refractivity contribution is -0.132. The maximum atomic E-state index is 12.4. The molecule has 0 bridgehead atoms. The molecule has 0 unspecified atom stereocenters. The number of hydrogen-bond acceptors (Lipinski definition) is 6. The van der Waals surface area contributed by atoms with Crippen molar-refractivity contribution in [1.29, 1.82) is 0 Å². The highest BCUT2D eigenvalue weighted by atomic mass is 32.2. The Bertz CT molecular complexity index is 925. The number of rotatable bonds is 8.